The maximum atomic E-state index is 5.21. The molecule has 3 aromatic rings. The van der Waals surface area contributed by atoms with Crippen molar-refractivity contribution >= 4 is 22.7 Å². The number of aromatic nitrogens is 2. The van der Waals surface area contributed by atoms with Gasteiger partial charge in [-0.3, -0.25) is 0 Å². The smallest absolute Gasteiger partial charge is 0.192 e. The normalized spacial score (nSPS) is 10.6. The molecule has 0 aliphatic carbocycles. The predicted molar refractivity (Wildman–Crippen MR) is 76.7 cm³/mol. The van der Waals surface area contributed by atoms with E-state index in [1.807, 2.05) is 54.7 Å². The van der Waals surface area contributed by atoms with Crippen LogP contribution in [0.2, 0.25) is 0 Å². The van der Waals surface area contributed by atoms with Gasteiger partial charge in [-0.25, -0.2) is 9.97 Å². The van der Waals surface area contributed by atoms with E-state index in [-0.39, 0.29) is 0 Å². The highest BCUT2D eigenvalue weighted by atomic mass is 32.2. The van der Waals surface area contributed by atoms with E-state index in [0.717, 1.165) is 26.7 Å². The fourth-order valence-electron chi connectivity index (χ4n) is 1.77. The van der Waals surface area contributed by atoms with E-state index in [2.05, 4.69) is 9.97 Å². The molecule has 4 heteroatoms. The molecule has 1 aromatic heterocycles. The number of para-hydroxylation sites is 1. The molecule has 0 aliphatic rings. The lowest BCUT2D eigenvalue weighted by molar-refractivity contribution is 0.413. The van der Waals surface area contributed by atoms with Gasteiger partial charge in [-0.1, -0.05) is 24.3 Å². The van der Waals surface area contributed by atoms with Gasteiger partial charge in [-0.05, 0) is 36.0 Å². The maximum absolute atomic E-state index is 5.21. The molecule has 19 heavy (non-hydrogen) atoms. The largest absolute Gasteiger partial charge is 0.497 e. The molecule has 0 fully saturated rings. The topological polar surface area (TPSA) is 35.0 Å². The molecule has 0 radical (unpaired) electrons. The Hall–Kier alpha value is -2.07. The van der Waals surface area contributed by atoms with E-state index < -0.39 is 0 Å². The average molecular weight is 268 g/mol. The molecule has 0 saturated heterocycles. The molecule has 3 nitrogen and oxygen atoms in total. The van der Waals surface area contributed by atoms with Crippen molar-refractivity contribution in [2.45, 2.75) is 10.1 Å². The van der Waals surface area contributed by atoms with Gasteiger partial charge in [0.25, 0.3) is 0 Å². The second-order valence-electron chi connectivity index (χ2n) is 3.99. The fourth-order valence-corrected chi connectivity index (χ4v) is 2.56. The Balaban J connectivity index is 1.92. The first kappa shape index (κ1) is 12.0. The summed E-state index contributed by atoms with van der Waals surface area (Å²) in [6.07, 6.45) is 1.85. The number of nitrogens with zero attached hydrogens (tertiary/aromatic N) is 2. The van der Waals surface area contributed by atoms with Crippen molar-refractivity contribution in [1.29, 1.82) is 0 Å². The van der Waals surface area contributed by atoms with Crippen molar-refractivity contribution in [2.75, 3.05) is 7.11 Å². The van der Waals surface area contributed by atoms with Gasteiger partial charge in [-0.15, -0.1) is 0 Å². The van der Waals surface area contributed by atoms with E-state index in [1.54, 1.807) is 7.11 Å². The summed E-state index contributed by atoms with van der Waals surface area (Å²) in [6.45, 7) is 0. The van der Waals surface area contributed by atoms with Crippen molar-refractivity contribution in [3.8, 4) is 5.75 Å². The van der Waals surface area contributed by atoms with Crippen LogP contribution in [0.4, 0.5) is 0 Å². The number of benzene rings is 2. The van der Waals surface area contributed by atoms with Crippen LogP contribution in [0, 0.1) is 0 Å². The lowest BCUT2D eigenvalue weighted by atomic mass is 10.2. The second kappa shape index (κ2) is 5.28. The van der Waals surface area contributed by atoms with Crippen LogP contribution in [0.25, 0.3) is 10.9 Å². The number of methoxy groups -OCH3 is 1. The molecule has 0 unspecified atom stereocenters. The van der Waals surface area contributed by atoms with Gasteiger partial charge in [0.05, 0.1) is 12.6 Å². The molecule has 94 valence electrons. The average Bonchev–Trinajstić information content (AvgIpc) is 2.47. The van der Waals surface area contributed by atoms with Gasteiger partial charge in [0.2, 0.25) is 0 Å². The van der Waals surface area contributed by atoms with Crippen LogP contribution in [0.3, 0.4) is 0 Å². The molecular weight excluding hydrogens is 256 g/mol. The molecular formula is C15H12N2OS. The zero-order valence-electron chi connectivity index (χ0n) is 10.4. The van der Waals surface area contributed by atoms with E-state index in [1.165, 1.54) is 11.8 Å². The van der Waals surface area contributed by atoms with Gasteiger partial charge in [0, 0.05) is 16.5 Å². The Morgan fingerprint density at radius 2 is 1.95 bits per heavy atom. The van der Waals surface area contributed by atoms with Gasteiger partial charge in [-0.2, -0.15) is 0 Å². The maximum Gasteiger partial charge on any atom is 0.192 e. The van der Waals surface area contributed by atoms with E-state index in [0.29, 0.717) is 0 Å². The molecule has 0 bridgehead atoms. The summed E-state index contributed by atoms with van der Waals surface area (Å²) in [4.78, 5) is 9.97. The molecule has 0 saturated carbocycles. The Labute approximate surface area is 115 Å². The van der Waals surface area contributed by atoms with Crippen molar-refractivity contribution in [3.63, 3.8) is 0 Å². The Morgan fingerprint density at radius 3 is 2.84 bits per heavy atom. The number of hydrogen-bond acceptors (Lipinski definition) is 4. The third-order valence-electron chi connectivity index (χ3n) is 2.72. The van der Waals surface area contributed by atoms with Crippen LogP contribution < -0.4 is 4.74 Å². The van der Waals surface area contributed by atoms with Crippen molar-refractivity contribution < 1.29 is 4.74 Å². The van der Waals surface area contributed by atoms with Gasteiger partial charge in [0.1, 0.15) is 5.75 Å². The molecule has 0 aliphatic heterocycles. The predicted octanol–water partition coefficient (Wildman–Crippen LogP) is 3.79. The van der Waals surface area contributed by atoms with Gasteiger partial charge < -0.3 is 4.74 Å². The number of hydrogen-bond donors (Lipinski definition) is 0. The van der Waals surface area contributed by atoms with E-state index in [4.69, 9.17) is 4.74 Å². The number of fused-ring (bicyclic) bond motifs is 1. The van der Waals surface area contributed by atoms with Crippen molar-refractivity contribution in [1.82, 2.24) is 9.97 Å². The summed E-state index contributed by atoms with van der Waals surface area (Å²) in [5.41, 5.74) is 0.961. The molecule has 0 N–H and O–H groups in total. The Kier molecular flexibility index (Phi) is 3.33. The third kappa shape index (κ3) is 2.69. The lowest BCUT2D eigenvalue weighted by Gasteiger charge is -2.04. The van der Waals surface area contributed by atoms with Crippen LogP contribution in [0.5, 0.6) is 5.75 Å². The Bertz CT molecular complexity index is 715. The van der Waals surface area contributed by atoms with Crippen LogP contribution >= 0.6 is 11.8 Å². The minimum absolute atomic E-state index is 0.743. The standard InChI is InChI=1S/C15H12N2OS/c1-18-12-6-4-7-13(9-12)19-15-16-10-11-5-2-3-8-14(11)17-15/h2-10H,1H3. The summed E-state index contributed by atoms with van der Waals surface area (Å²) in [5, 5.41) is 1.80. The molecule has 2 aromatic carbocycles. The highest BCUT2D eigenvalue weighted by Gasteiger charge is 2.03. The zero-order chi connectivity index (χ0) is 13.1. The first-order valence-corrected chi connectivity index (χ1v) is 6.70. The van der Waals surface area contributed by atoms with Gasteiger partial charge >= 0.3 is 0 Å². The van der Waals surface area contributed by atoms with Crippen LogP contribution in [-0.4, -0.2) is 17.1 Å². The van der Waals surface area contributed by atoms with Crippen LogP contribution in [0.15, 0.2) is 64.8 Å². The fraction of sp³-hybridized carbons (Fsp3) is 0.0667. The van der Waals surface area contributed by atoms with Crippen LogP contribution in [-0.2, 0) is 0 Å². The monoisotopic (exact) mass is 268 g/mol. The quantitative estimate of drug-likeness (QED) is 0.677. The summed E-state index contributed by atoms with van der Waals surface area (Å²) in [7, 11) is 1.66. The zero-order valence-corrected chi connectivity index (χ0v) is 11.2. The first-order chi connectivity index (χ1) is 9.35. The highest BCUT2D eigenvalue weighted by Crippen LogP contribution is 2.28. The molecule has 0 spiro atoms. The van der Waals surface area contributed by atoms with Crippen molar-refractivity contribution in [3.05, 3.63) is 54.7 Å². The van der Waals surface area contributed by atoms with Crippen molar-refractivity contribution in [2.24, 2.45) is 0 Å². The molecule has 0 amide bonds. The summed E-state index contributed by atoms with van der Waals surface area (Å²) in [5.74, 6) is 0.839. The Morgan fingerprint density at radius 1 is 1.05 bits per heavy atom. The highest BCUT2D eigenvalue weighted by molar-refractivity contribution is 7.99. The minimum atomic E-state index is 0.743. The number of ether oxygens (including phenoxy) is 1. The molecule has 1 heterocycles. The van der Waals surface area contributed by atoms with Gasteiger partial charge in [0.15, 0.2) is 5.16 Å². The molecule has 3 rings (SSSR count). The second-order valence-corrected chi connectivity index (χ2v) is 5.03. The lowest BCUT2D eigenvalue weighted by Crippen LogP contribution is -1.88. The molecule has 0 atom stereocenters. The number of rotatable bonds is 3. The van der Waals surface area contributed by atoms with E-state index in [9.17, 15) is 0 Å². The third-order valence-corrected chi connectivity index (χ3v) is 3.59. The van der Waals surface area contributed by atoms with Crippen LogP contribution in [0.1, 0.15) is 0 Å². The van der Waals surface area contributed by atoms with E-state index >= 15 is 0 Å². The summed E-state index contributed by atoms with van der Waals surface area (Å²) in [6, 6.07) is 15.8. The SMILES string of the molecule is COc1cccc(Sc2ncc3ccccc3n2)c1. The summed E-state index contributed by atoms with van der Waals surface area (Å²) >= 11 is 1.53. The minimum Gasteiger partial charge on any atom is -0.497 e. The first-order valence-electron chi connectivity index (χ1n) is 5.89. The summed E-state index contributed by atoms with van der Waals surface area (Å²) < 4.78 is 5.21.